The van der Waals surface area contributed by atoms with Crippen molar-refractivity contribution < 1.29 is 9.90 Å². The van der Waals surface area contributed by atoms with Crippen LogP contribution in [0.4, 0.5) is 5.69 Å². The summed E-state index contributed by atoms with van der Waals surface area (Å²) in [5.74, 6) is -1.01. The van der Waals surface area contributed by atoms with Gasteiger partial charge in [0.05, 0.1) is 28.8 Å². The number of nitrogens with zero attached hydrogens (tertiary/aromatic N) is 4. The highest BCUT2D eigenvalue weighted by Gasteiger charge is 2.19. The number of thiazole rings is 1. The van der Waals surface area contributed by atoms with E-state index in [0.717, 1.165) is 16.0 Å². The van der Waals surface area contributed by atoms with E-state index in [1.54, 1.807) is 23.4 Å². The number of carboxylic acids is 1. The molecule has 0 amide bonds. The molecule has 108 valence electrons. The van der Waals surface area contributed by atoms with Crippen molar-refractivity contribution in [3.8, 4) is 0 Å². The summed E-state index contributed by atoms with van der Waals surface area (Å²) in [5.41, 5.74) is 3.83. The van der Waals surface area contributed by atoms with Crippen molar-refractivity contribution in [1.82, 2.24) is 19.7 Å². The number of hydrogen-bond acceptors (Lipinski definition) is 6. The van der Waals surface area contributed by atoms with Crippen LogP contribution in [0, 0.1) is 6.92 Å². The molecule has 0 spiro atoms. The summed E-state index contributed by atoms with van der Waals surface area (Å²) < 4.78 is 1.65. The molecule has 0 radical (unpaired) electrons. The number of carbonyl (C=O) groups is 1. The van der Waals surface area contributed by atoms with Gasteiger partial charge in [-0.25, -0.2) is 9.78 Å². The van der Waals surface area contributed by atoms with Gasteiger partial charge in [-0.1, -0.05) is 0 Å². The number of hydrogen-bond donors (Lipinski definition) is 2. The maximum absolute atomic E-state index is 11.4. The number of pyridine rings is 1. The van der Waals surface area contributed by atoms with Gasteiger partial charge < -0.3 is 10.4 Å². The van der Waals surface area contributed by atoms with Crippen LogP contribution < -0.4 is 5.32 Å². The summed E-state index contributed by atoms with van der Waals surface area (Å²) in [6, 6.07) is 0. The minimum absolute atomic E-state index is 0.142. The lowest BCUT2D eigenvalue weighted by molar-refractivity contribution is 0.0697. The molecule has 0 fully saturated rings. The molecule has 21 heavy (non-hydrogen) atoms. The number of anilines is 1. The van der Waals surface area contributed by atoms with E-state index in [-0.39, 0.29) is 5.56 Å². The smallest absolute Gasteiger partial charge is 0.339 e. The molecule has 2 N–H and O–H groups in total. The zero-order valence-corrected chi connectivity index (χ0v) is 12.3. The van der Waals surface area contributed by atoms with Gasteiger partial charge in [0, 0.05) is 24.3 Å². The average molecular weight is 303 g/mol. The third-order valence-electron chi connectivity index (χ3n) is 3.18. The van der Waals surface area contributed by atoms with Crippen molar-refractivity contribution in [2.24, 2.45) is 7.05 Å². The van der Waals surface area contributed by atoms with E-state index in [2.05, 4.69) is 20.4 Å². The Morgan fingerprint density at radius 3 is 2.95 bits per heavy atom. The second-order valence-corrected chi connectivity index (χ2v) is 5.55. The van der Waals surface area contributed by atoms with Crippen LogP contribution in [0.2, 0.25) is 0 Å². The van der Waals surface area contributed by atoms with Crippen LogP contribution in [0.5, 0.6) is 0 Å². The third-order valence-corrected chi connectivity index (χ3v) is 3.96. The van der Waals surface area contributed by atoms with Crippen molar-refractivity contribution in [3.05, 3.63) is 34.0 Å². The molecule has 0 aliphatic rings. The molecule has 0 aliphatic heterocycles. The Morgan fingerprint density at radius 2 is 2.29 bits per heavy atom. The van der Waals surface area contributed by atoms with Crippen molar-refractivity contribution in [3.63, 3.8) is 0 Å². The van der Waals surface area contributed by atoms with Gasteiger partial charge in [-0.15, -0.1) is 11.3 Å². The number of carboxylic acid groups (broad SMARTS) is 1. The van der Waals surface area contributed by atoms with E-state index >= 15 is 0 Å². The summed E-state index contributed by atoms with van der Waals surface area (Å²) >= 11 is 1.51. The standard InChI is InChI=1S/C13H13N5O2S/c1-7-10-11(15-4-8-3-14-6-21-8)9(13(19)20)5-16-12(10)18(2)17-7/h3,5-6H,4H2,1-2H3,(H,15,16)(H,19,20). The van der Waals surface area contributed by atoms with Crippen LogP contribution in [0.25, 0.3) is 11.0 Å². The second-order valence-electron chi connectivity index (χ2n) is 4.58. The summed E-state index contributed by atoms with van der Waals surface area (Å²) in [5, 5.41) is 17.6. The molecule has 8 heteroatoms. The van der Waals surface area contributed by atoms with Gasteiger partial charge in [-0.3, -0.25) is 9.67 Å². The first kappa shape index (κ1) is 13.5. The van der Waals surface area contributed by atoms with Gasteiger partial charge in [0.15, 0.2) is 5.65 Å². The lowest BCUT2D eigenvalue weighted by Gasteiger charge is -2.10. The number of fused-ring (bicyclic) bond motifs is 1. The molecule has 0 aromatic carbocycles. The van der Waals surface area contributed by atoms with Crippen molar-refractivity contribution >= 4 is 34.0 Å². The summed E-state index contributed by atoms with van der Waals surface area (Å²) in [4.78, 5) is 20.7. The molecule has 0 bridgehead atoms. The van der Waals surface area contributed by atoms with Crippen LogP contribution in [-0.4, -0.2) is 30.8 Å². The molecule has 3 heterocycles. The number of aryl methyl sites for hydroxylation is 2. The van der Waals surface area contributed by atoms with Gasteiger partial charge in [0.2, 0.25) is 0 Å². The maximum atomic E-state index is 11.4. The number of aromatic carboxylic acids is 1. The van der Waals surface area contributed by atoms with E-state index < -0.39 is 5.97 Å². The van der Waals surface area contributed by atoms with Crippen molar-refractivity contribution in [2.75, 3.05) is 5.32 Å². The summed E-state index contributed by atoms with van der Waals surface area (Å²) in [7, 11) is 1.79. The van der Waals surface area contributed by atoms with E-state index in [1.165, 1.54) is 17.5 Å². The Kier molecular flexibility index (Phi) is 3.30. The van der Waals surface area contributed by atoms with Crippen LogP contribution in [0.3, 0.4) is 0 Å². The van der Waals surface area contributed by atoms with E-state index in [0.29, 0.717) is 17.9 Å². The molecule has 7 nitrogen and oxygen atoms in total. The SMILES string of the molecule is Cc1nn(C)c2ncc(C(=O)O)c(NCc3cncs3)c12. The van der Waals surface area contributed by atoms with Crippen molar-refractivity contribution in [1.29, 1.82) is 0 Å². The lowest BCUT2D eigenvalue weighted by Crippen LogP contribution is -2.07. The Hall–Kier alpha value is -2.48. The van der Waals surface area contributed by atoms with Crippen LogP contribution in [0.15, 0.2) is 17.9 Å². The summed E-state index contributed by atoms with van der Waals surface area (Å²) in [6.45, 7) is 2.35. The van der Waals surface area contributed by atoms with Gasteiger partial charge in [0.1, 0.15) is 5.56 Å². The second kappa shape index (κ2) is 5.13. The normalized spacial score (nSPS) is 11.0. The Labute approximate surface area is 124 Å². The molecule has 0 saturated heterocycles. The van der Waals surface area contributed by atoms with E-state index in [1.807, 2.05) is 6.92 Å². The van der Waals surface area contributed by atoms with Crippen LogP contribution in [-0.2, 0) is 13.6 Å². The highest BCUT2D eigenvalue weighted by atomic mass is 32.1. The molecule has 0 atom stereocenters. The molecule has 3 aromatic heterocycles. The fourth-order valence-corrected chi connectivity index (χ4v) is 2.80. The third kappa shape index (κ3) is 2.33. The first-order valence-electron chi connectivity index (χ1n) is 6.24. The highest BCUT2D eigenvalue weighted by molar-refractivity contribution is 7.09. The van der Waals surface area contributed by atoms with Gasteiger partial charge in [-0.05, 0) is 6.92 Å². The maximum Gasteiger partial charge on any atom is 0.339 e. The quantitative estimate of drug-likeness (QED) is 0.766. The first-order valence-corrected chi connectivity index (χ1v) is 7.12. The molecule has 0 aliphatic carbocycles. The van der Waals surface area contributed by atoms with Crippen LogP contribution in [0.1, 0.15) is 20.9 Å². The minimum Gasteiger partial charge on any atom is -0.478 e. The Morgan fingerprint density at radius 1 is 1.48 bits per heavy atom. The monoisotopic (exact) mass is 303 g/mol. The zero-order valence-electron chi connectivity index (χ0n) is 11.5. The lowest BCUT2D eigenvalue weighted by atomic mass is 10.1. The first-order chi connectivity index (χ1) is 10.1. The number of nitrogens with one attached hydrogen (secondary N) is 1. The van der Waals surface area contributed by atoms with Crippen LogP contribution >= 0.6 is 11.3 Å². The molecule has 3 rings (SSSR count). The number of aromatic nitrogens is 4. The van der Waals surface area contributed by atoms with E-state index in [9.17, 15) is 9.90 Å². The predicted octanol–water partition coefficient (Wildman–Crippen LogP) is 2.04. The fraction of sp³-hybridized carbons (Fsp3) is 0.231. The average Bonchev–Trinajstić information content (AvgIpc) is 3.05. The Bertz CT molecular complexity index is 810. The fourth-order valence-electron chi connectivity index (χ4n) is 2.26. The minimum atomic E-state index is -1.01. The molecule has 0 unspecified atom stereocenters. The van der Waals surface area contributed by atoms with E-state index in [4.69, 9.17) is 0 Å². The van der Waals surface area contributed by atoms with Gasteiger partial charge in [0.25, 0.3) is 0 Å². The Balaban J connectivity index is 2.12. The predicted molar refractivity (Wildman–Crippen MR) is 79.6 cm³/mol. The summed E-state index contributed by atoms with van der Waals surface area (Å²) in [6.07, 6.45) is 3.12. The van der Waals surface area contributed by atoms with Gasteiger partial charge in [-0.2, -0.15) is 5.10 Å². The number of rotatable bonds is 4. The highest BCUT2D eigenvalue weighted by Crippen LogP contribution is 2.29. The van der Waals surface area contributed by atoms with Gasteiger partial charge >= 0.3 is 5.97 Å². The largest absolute Gasteiger partial charge is 0.478 e. The zero-order chi connectivity index (χ0) is 15.0. The molecule has 0 saturated carbocycles. The molecular weight excluding hydrogens is 290 g/mol. The molecular formula is C13H13N5O2S. The van der Waals surface area contributed by atoms with Crippen molar-refractivity contribution in [2.45, 2.75) is 13.5 Å². The topological polar surface area (TPSA) is 92.9 Å². The molecule has 3 aromatic rings.